The number of aryl methyl sites for hydroxylation is 1. The van der Waals surface area contributed by atoms with Crippen molar-refractivity contribution in [2.24, 2.45) is 0 Å². The fourth-order valence-electron chi connectivity index (χ4n) is 3.04. The molecule has 2 amide bonds. The molecule has 3 aromatic rings. The van der Waals surface area contributed by atoms with E-state index in [-0.39, 0.29) is 23.3 Å². The van der Waals surface area contributed by atoms with Gasteiger partial charge in [-0.2, -0.15) is 5.10 Å². The van der Waals surface area contributed by atoms with E-state index >= 15 is 0 Å². The summed E-state index contributed by atoms with van der Waals surface area (Å²) in [5.41, 5.74) is 1.44. The number of nitrogens with one attached hydrogen (secondary N) is 1. The van der Waals surface area contributed by atoms with Crippen molar-refractivity contribution in [1.29, 1.82) is 0 Å². The van der Waals surface area contributed by atoms with Gasteiger partial charge in [0.1, 0.15) is 12.4 Å². The van der Waals surface area contributed by atoms with Gasteiger partial charge in [-0.25, -0.2) is 4.68 Å². The quantitative estimate of drug-likeness (QED) is 0.654. The van der Waals surface area contributed by atoms with Gasteiger partial charge in [-0.15, -0.1) is 0 Å². The molecule has 1 fully saturated rings. The Morgan fingerprint density at radius 3 is 2.48 bits per heavy atom. The molecule has 0 saturated carbocycles. The number of carbonyl (C=O) groups excluding carboxylic acids is 2. The molecule has 0 atom stereocenters. The number of aromatic nitrogens is 2. The average Bonchev–Trinajstić information content (AvgIpc) is 3.04. The van der Waals surface area contributed by atoms with E-state index < -0.39 is 0 Å². The van der Waals surface area contributed by atoms with Crippen molar-refractivity contribution in [1.82, 2.24) is 15.1 Å². The van der Waals surface area contributed by atoms with Gasteiger partial charge in [-0.1, -0.05) is 30.3 Å². The van der Waals surface area contributed by atoms with Crippen LogP contribution in [0.1, 0.15) is 11.3 Å². The molecule has 2 aromatic carbocycles. The average molecular weight is 407 g/mol. The molecule has 0 radical (unpaired) electrons. The van der Waals surface area contributed by atoms with Crippen LogP contribution >= 0.6 is 11.8 Å². The molecule has 146 valence electrons. The van der Waals surface area contributed by atoms with Gasteiger partial charge in [0, 0.05) is 5.39 Å². The predicted molar refractivity (Wildman–Crippen MR) is 112 cm³/mol. The van der Waals surface area contributed by atoms with E-state index in [4.69, 9.17) is 4.74 Å². The summed E-state index contributed by atoms with van der Waals surface area (Å²) in [5.74, 6) is 0.251. The number of amides is 2. The molecule has 7 nitrogen and oxygen atoms in total. The highest BCUT2D eigenvalue weighted by atomic mass is 32.2. The van der Waals surface area contributed by atoms with Gasteiger partial charge in [0.15, 0.2) is 0 Å². The summed E-state index contributed by atoms with van der Waals surface area (Å²) in [5, 5.41) is 7.72. The topological polar surface area (TPSA) is 90.3 Å². The van der Waals surface area contributed by atoms with Crippen molar-refractivity contribution >= 4 is 39.8 Å². The normalized spacial score (nSPS) is 15.1. The smallest absolute Gasteiger partial charge is 0.290 e. The van der Waals surface area contributed by atoms with Crippen LogP contribution in [0.4, 0.5) is 4.79 Å². The third kappa shape index (κ3) is 4.07. The summed E-state index contributed by atoms with van der Waals surface area (Å²) in [7, 11) is 0. The largest absolute Gasteiger partial charge is 0.492 e. The molecule has 1 aliphatic rings. The Bertz CT molecular complexity index is 1200. The van der Waals surface area contributed by atoms with Crippen LogP contribution in [0.25, 0.3) is 16.8 Å². The number of carbonyl (C=O) groups is 2. The Kier molecular flexibility index (Phi) is 5.18. The van der Waals surface area contributed by atoms with E-state index in [1.54, 1.807) is 36.4 Å². The minimum absolute atomic E-state index is 0.140. The van der Waals surface area contributed by atoms with Gasteiger partial charge in [0.25, 0.3) is 16.7 Å². The van der Waals surface area contributed by atoms with Crippen molar-refractivity contribution in [2.75, 3.05) is 6.61 Å². The van der Waals surface area contributed by atoms with Crippen molar-refractivity contribution in [3.8, 4) is 5.75 Å². The Morgan fingerprint density at radius 1 is 1.07 bits per heavy atom. The Morgan fingerprint density at radius 2 is 1.79 bits per heavy atom. The predicted octanol–water partition coefficient (Wildman–Crippen LogP) is 3.11. The molecule has 2 heterocycles. The van der Waals surface area contributed by atoms with Crippen LogP contribution in [0, 0.1) is 6.92 Å². The number of rotatable bonds is 5. The van der Waals surface area contributed by atoms with E-state index in [1.807, 2.05) is 25.1 Å². The lowest BCUT2D eigenvalue weighted by Crippen LogP contribution is -2.26. The second kappa shape index (κ2) is 7.92. The Hall–Kier alpha value is -3.39. The lowest BCUT2D eigenvalue weighted by Gasteiger charge is -2.10. The SMILES string of the molecule is Cc1nn(CCOc2ccc(C=C3SC(=O)NC3=O)cc2)c(=O)c2ccccc12. The zero-order valence-corrected chi connectivity index (χ0v) is 16.4. The maximum atomic E-state index is 12.6. The first kappa shape index (κ1) is 18.9. The molecule has 1 aromatic heterocycles. The molecule has 0 unspecified atom stereocenters. The van der Waals surface area contributed by atoms with Crippen LogP contribution < -0.4 is 15.6 Å². The van der Waals surface area contributed by atoms with Crippen LogP contribution in [0.2, 0.25) is 0 Å². The van der Waals surface area contributed by atoms with Crippen molar-refractivity contribution < 1.29 is 14.3 Å². The molecule has 1 aliphatic heterocycles. The summed E-state index contributed by atoms with van der Waals surface area (Å²) >= 11 is 0.878. The second-order valence-electron chi connectivity index (χ2n) is 6.43. The fourth-order valence-corrected chi connectivity index (χ4v) is 3.72. The van der Waals surface area contributed by atoms with E-state index in [0.29, 0.717) is 22.6 Å². The van der Waals surface area contributed by atoms with Crippen molar-refractivity contribution in [2.45, 2.75) is 13.5 Å². The molecular formula is C21H17N3O4S. The number of ether oxygens (including phenoxy) is 1. The first-order chi connectivity index (χ1) is 14.0. The van der Waals surface area contributed by atoms with E-state index in [1.165, 1.54) is 4.68 Å². The number of imide groups is 1. The van der Waals surface area contributed by atoms with E-state index in [2.05, 4.69) is 10.4 Å². The van der Waals surface area contributed by atoms with E-state index in [9.17, 15) is 14.4 Å². The molecule has 4 rings (SSSR count). The molecule has 1 saturated heterocycles. The highest BCUT2D eigenvalue weighted by Gasteiger charge is 2.24. The maximum absolute atomic E-state index is 12.6. The lowest BCUT2D eigenvalue weighted by atomic mass is 10.1. The molecule has 0 spiro atoms. The first-order valence-corrected chi connectivity index (χ1v) is 9.77. The third-order valence-electron chi connectivity index (χ3n) is 4.44. The zero-order valence-electron chi connectivity index (χ0n) is 15.5. The molecular weight excluding hydrogens is 390 g/mol. The van der Waals surface area contributed by atoms with Crippen LogP contribution in [-0.4, -0.2) is 27.5 Å². The maximum Gasteiger partial charge on any atom is 0.290 e. The fraction of sp³-hybridized carbons (Fsp3) is 0.143. The first-order valence-electron chi connectivity index (χ1n) is 8.95. The minimum atomic E-state index is -0.385. The summed E-state index contributed by atoms with van der Waals surface area (Å²) < 4.78 is 7.14. The van der Waals surface area contributed by atoms with Gasteiger partial charge in [-0.05, 0) is 48.5 Å². The highest BCUT2D eigenvalue weighted by molar-refractivity contribution is 8.18. The van der Waals surface area contributed by atoms with Gasteiger partial charge in [-0.3, -0.25) is 19.7 Å². The van der Waals surface area contributed by atoms with E-state index in [0.717, 1.165) is 28.4 Å². The Labute approximate surface area is 170 Å². The lowest BCUT2D eigenvalue weighted by molar-refractivity contribution is -0.115. The highest BCUT2D eigenvalue weighted by Crippen LogP contribution is 2.26. The second-order valence-corrected chi connectivity index (χ2v) is 7.44. The number of hydrogen-bond acceptors (Lipinski definition) is 6. The number of hydrogen-bond donors (Lipinski definition) is 1. The number of nitrogens with zero attached hydrogens (tertiary/aromatic N) is 2. The monoisotopic (exact) mass is 407 g/mol. The van der Waals surface area contributed by atoms with Crippen molar-refractivity contribution in [3.63, 3.8) is 0 Å². The summed E-state index contributed by atoms with van der Waals surface area (Å²) in [6.45, 7) is 2.50. The minimum Gasteiger partial charge on any atom is -0.492 e. The summed E-state index contributed by atoms with van der Waals surface area (Å²) in [6.07, 6.45) is 1.65. The number of fused-ring (bicyclic) bond motifs is 1. The Balaban J connectivity index is 1.41. The summed E-state index contributed by atoms with van der Waals surface area (Å²) in [4.78, 5) is 35.7. The van der Waals surface area contributed by atoms with Gasteiger partial charge in [0.2, 0.25) is 0 Å². The van der Waals surface area contributed by atoms with Crippen LogP contribution in [0.3, 0.4) is 0 Å². The molecule has 0 bridgehead atoms. The standard InChI is InChI=1S/C21H17N3O4S/c1-13-16-4-2-3-5-17(16)20(26)24(23-13)10-11-28-15-8-6-14(7-9-15)12-18-19(25)22-21(27)29-18/h2-9,12H,10-11H2,1H3,(H,22,25,27). The summed E-state index contributed by atoms with van der Waals surface area (Å²) in [6, 6.07) is 14.5. The molecule has 0 aliphatic carbocycles. The van der Waals surface area contributed by atoms with Gasteiger partial charge in [0.05, 0.1) is 22.5 Å². The van der Waals surface area contributed by atoms with Crippen molar-refractivity contribution in [3.05, 3.63) is 75.0 Å². The third-order valence-corrected chi connectivity index (χ3v) is 5.25. The molecule has 8 heteroatoms. The van der Waals surface area contributed by atoms with Crippen LogP contribution in [-0.2, 0) is 11.3 Å². The molecule has 1 N–H and O–H groups in total. The number of thioether (sulfide) groups is 1. The van der Waals surface area contributed by atoms with Gasteiger partial charge < -0.3 is 4.74 Å². The van der Waals surface area contributed by atoms with Gasteiger partial charge >= 0.3 is 0 Å². The number of benzene rings is 2. The molecule has 29 heavy (non-hydrogen) atoms. The van der Waals surface area contributed by atoms with Crippen LogP contribution in [0.15, 0.2) is 58.2 Å². The van der Waals surface area contributed by atoms with Crippen LogP contribution in [0.5, 0.6) is 5.75 Å². The zero-order chi connectivity index (χ0) is 20.4.